The van der Waals surface area contributed by atoms with E-state index in [2.05, 4.69) is 4.98 Å². The Morgan fingerprint density at radius 2 is 2.18 bits per heavy atom. The lowest BCUT2D eigenvalue weighted by molar-refractivity contribution is -0.142. The van der Waals surface area contributed by atoms with Crippen molar-refractivity contribution in [1.29, 1.82) is 0 Å². The largest absolute Gasteiger partial charge is 0.480 e. The molecule has 17 heavy (non-hydrogen) atoms. The summed E-state index contributed by atoms with van der Waals surface area (Å²) in [6.07, 6.45) is 9.41. The number of aromatic nitrogens is 1. The van der Waals surface area contributed by atoms with E-state index >= 15 is 0 Å². The summed E-state index contributed by atoms with van der Waals surface area (Å²) in [5, 5.41) is 9.51. The van der Waals surface area contributed by atoms with E-state index < -0.39 is 11.4 Å². The van der Waals surface area contributed by atoms with E-state index in [-0.39, 0.29) is 0 Å². The Morgan fingerprint density at radius 1 is 1.41 bits per heavy atom. The lowest BCUT2D eigenvalue weighted by atomic mass is 9.76. The first-order chi connectivity index (χ1) is 8.06. The molecule has 3 nitrogen and oxygen atoms in total. The highest BCUT2D eigenvalue weighted by Crippen LogP contribution is 2.33. The van der Waals surface area contributed by atoms with Crippen molar-refractivity contribution in [2.24, 2.45) is 0 Å². The zero-order chi connectivity index (χ0) is 12.5. The number of carbonyl (C=O) groups is 1. The molecule has 0 bridgehead atoms. The standard InChI is InChI=1S/C14H15NO2/c1-10-8-11(2)12(15-9-10)14(13(16)17)6-4-3-5-7-14/h3-6,8-9H,7H2,1-2H3,(H,16,17). The van der Waals surface area contributed by atoms with Gasteiger partial charge in [-0.2, -0.15) is 0 Å². The number of nitrogens with zero attached hydrogens (tertiary/aromatic N) is 1. The second kappa shape index (κ2) is 4.17. The molecule has 0 aromatic carbocycles. The van der Waals surface area contributed by atoms with Crippen LogP contribution in [-0.4, -0.2) is 16.1 Å². The predicted molar refractivity (Wildman–Crippen MR) is 65.9 cm³/mol. The average molecular weight is 229 g/mol. The molecular weight excluding hydrogens is 214 g/mol. The molecule has 1 unspecified atom stereocenters. The van der Waals surface area contributed by atoms with E-state index in [0.717, 1.165) is 11.1 Å². The maximum Gasteiger partial charge on any atom is 0.319 e. The minimum atomic E-state index is -1.01. The summed E-state index contributed by atoms with van der Waals surface area (Å²) in [7, 11) is 0. The van der Waals surface area contributed by atoms with Gasteiger partial charge in [-0.05, 0) is 31.4 Å². The number of pyridine rings is 1. The molecule has 2 rings (SSSR count). The van der Waals surface area contributed by atoms with Gasteiger partial charge in [0.1, 0.15) is 5.41 Å². The van der Waals surface area contributed by atoms with Gasteiger partial charge < -0.3 is 5.11 Å². The molecular formula is C14H15NO2. The lowest BCUT2D eigenvalue weighted by Crippen LogP contribution is -2.36. The molecule has 1 aliphatic rings. The lowest BCUT2D eigenvalue weighted by Gasteiger charge is -2.27. The van der Waals surface area contributed by atoms with Crippen LogP contribution in [0.25, 0.3) is 0 Å². The first kappa shape index (κ1) is 11.6. The van der Waals surface area contributed by atoms with Gasteiger partial charge in [0.2, 0.25) is 0 Å². The fourth-order valence-corrected chi connectivity index (χ4v) is 2.24. The molecule has 1 aromatic heterocycles. The molecule has 0 saturated heterocycles. The van der Waals surface area contributed by atoms with Crippen LogP contribution >= 0.6 is 0 Å². The molecule has 0 spiro atoms. The van der Waals surface area contributed by atoms with Crippen LogP contribution in [0.3, 0.4) is 0 Å². The van der Waals surface area contributed by atoms with Gasteiger partial charge in [0.05, 0.1) is 5.69 Å². The molecule has 0 fully saturated rings. The van der Waals surface area contributed by atoms with Crippen LogP contribution in [0.4, 0.5) is 0 Å². The van der Waals surface area contributed by atoms with Crippen LogP contribution < -0.4 is 0 Å². The summed E-state index contributed by atoms with van der Waals surface area (Å²) >= 11 is 0. The third kappa shape index (κ3) is 1.88. The van der Waals surface area contributed by atoms with E-state index in [1.54, 1.807) is 18.3 Å². The molecule has 1 N–H and O–H groups in total. The molecule has 0 amide bonds. The Bertz CT molecular complexity index is 517. The highest BCUT2D eigenvalue weighted by atomic mass is 16.4. The van der Waals surface area contributed by atoms with E-state index in [0.29, 0.717) is 12.1 Å². The fraction of sp³-hybridized carbons (Fsp3) is 0.286. The zero-order valence-corrected chi connectivity index (χ0v) is 9.97. The monoisotopic (exact) mass is 229 g/mol. The van der Waals surface area contributed by atoms with Crippen molar-refractivity contribution >= 4 is 5.97 Å². The summed E-state index contributed by atoms with van der Waals surface area (Å²) in [6, 6.07) is 1.97. The smallest absolute Gasteiger partial charge is 0.319 e. The van der Waals surface area contributed by atoms with Gasteiger partial charge in [0.25, 0.3) is 0 Å². The predicted octanol–water partition coefficient (Wildman–Crippen LogP) is 2.54. The van der Waals surface area contributed by atoms with Crippen LogP contribution in [0.15, 0.2) is 36.6 Å². The third-order valence-corrected chi connectivity index (χ3v) is 3.09. The van der Waals surface area contributed by atoms with Crippen LogP contribution in [0, 0.1) is 13.8 Å². The van der Waals surface area contributed by atoms with Gasteiger partial charge in [-0.3, -0.25) is 9.78 Å². The number of hydrogen-bond acceptors (Lipinski definition) is 2. The average Bonchev–Trinajstić information content (AvgIpc) is 2.29. The first-order valence-corrected chi connectivity index (χ1v) is 5.58. The molecule has 0 saturated carbocycles. The number of hydrogen-bond donors (Lipinski definition) is 1. The van der Waals surface area contributed by atoms with E-state index in [4.69, 9.17) is 0 Å². The van der Waals surface area contributed by atoms with E-state index in [1.165, 1.54) is 0 Å². The Kier molecular flexibility index (Phi) is 2.84. The molecule has 1 aromatic rings. The number of aliphatic carboxylic acids is 1. The Balaban J connectivity index is 2.58. The van der Waals surface area contributed by atoms with Crippen LogP contribution in [0.2, 0.25) is 0 Å². The SMILES string of the molecule is Cc1cnc(C2(C(=O)O)C=CC=CC2)c(C)c1. The quantitative estimate of drug-likeness (QED) is 0.847. The highest BCUT2D eigenvalue weighted by Gasteiger charge is 2.40. The number of carboxylic acids is 1. The number of carboxylic acid groups (broad SMARTS) is 1. The highest BCUT2D eigenvalue weighted by molar-refractivity contribution is 5.84. The van der Waals surface area contributed by atoms with Gasteiger partial charge in [0, 0.05) is 6.20 Å². The van der Waals surface area contributed by atoms with E-state index in [1.807, 2.05) is 32.1 Å². The fourth-order valence-electron chi connectivity index (χ4n) is 2.24. The van der Waals surface area contributed by atoms with Crippen molar-refractivity contribution in [2.75, 3.05) is 0 Å². The normalized spacial score (nSPS) is 22.7. The minimum absolute atomic E-state index is 0.454. The second-order valence-electron chi connectivity index (χ2n) is 4.45. The summed E-state index contributed by atoms with van der Waals surface area (Å²) in [4.78, 5) is 15.9. The topological polar surface area (TPSA) is 50.2 Å². The van der Waals surface area contributed by atoms with Crippen molar-refractivity contribution < 1.29 is 9.90 Å². The van der Waals surface area contributed by atoms with Crippen LogP contribution in [0.1, 0.15) is 23.2 Å². The molecule has 1 atom stereocenters. The van der Waals surface area contributed by atoms with Crippen LogP contribution in [-0.2, 0) is 10.2 Å². The minimum Gasteiger partial charge on any atom is -0.480 e. The Morgan fingerprint density at radius 3 is 2.71 bits per heavy atom. The van der Waals surface area contributed by atoms with Gasteiger partial charge in [0.15, 0.2) is 0 Å². The molecule has 1 heterocycles. The number of allylic oxidation sites excluding steroid dienone is 3. The van der Waals surface area contributed by atoms with Gasteiger partial charge in [-0.25, -0.2) is 0 Å². The molecule has 0 aliphatic heterocycles. The second-order valence-corrected chi connectivity index (χ2v) is 4.45. The number of rotatable bonds is 2. The van der Waals surface area contributed by atoms with Gasteiger partial charge in [-0.1, -0.05) is 30.4 Å². The summed E-state index contributed by atoms with van der Waals surface area (Å²) in [5.41, 5.74) is 1.60. The van der Waals surface area contributed by atoms with Crippen molar-refractivity contribution in [3.8, 4) is 0 Å². The molecule has 0 radical (unpaired) electrons. The maximum atomic E-state index is 11.6. The maximum absolute atomic E-state index is 11.6. The van der Waals surface area contributed by atoms with Crippen LogP contribution in [0.5, 0.6) is 0 Å². The van der Waals surface area contributed by atoms with E-state index in [9.17, 15) is 9.90 Å². The van der Waals surface area contributed by atoms with Crippen molar-refractivity contribution in [1.82, 2.24) is 4.98 Å². The summed E-state index contributed by atoms with van der Waals surface area (Å²) in [6.45, 7) is 3.86. The van der Waals surface area contributed by atoms with Gasteiger partial charge in [-0.15, -0.1) is 0 Å². The Hall–Kier alpha value is -1.90. The first-order valence-electron chi connectivity index (χ1n) is 5.58. The summed E-state index contributed by atoms with van der Waals surface area (Å²) in [5.74, 6) is -0.849. The third-order valence-electron chi connectivity index (χ3n) is 3.09. The van der Waals surface area contributed by atoms with Gasteiger partial charge >= 0.3 is 5.97 Å². The molecule has 88 valence electrons. The number of aryl methyl sites for hydroxylation is 2. The summed E-state index contributed by atoms with van der Waals surface area (Å²) < 4.78 is 0. The van der Waals surface area contributed by atoms with Crippen molar-refractivity contribution in [2.45, 2.75) is 25.7 Å². The van der Waals surface area contributed by atoms with Crippen molar-refractivity contribution in [3.63, 3.8) is 0 Å². The zero-order valence-electron chi connectivity index (χ0n) is 9.97. The molecule has 3 heteroatoms. The van der Waals surface area contributed by atoms with Crippen molar-refractivity contribution in [3.05, 3.63) is 53.4 Å². The Labute approximate surface area is 101 Å². The molecule has 1 aliphatic carbocycles.